The van der Waals surface area contributed by atoms with Crippen molar-refractivity contribution < 1.29 is 18.3 Å². The normalized spacial score (nSPS) is 25.2. The van der Waals surface area contributed by atoms with E-state index in [1.807, 2.05) is 6.07 Å². The van der Waals surface area contributed by atoms with Gasteiger partial charge in [0.05, 0.1) is 29.9 Å². The molecule has 1 N–H and O–H groups in total. The molecule has 0 aromatic heterocycles. The molecular weight excluding hydrogens is 362 g/mol. The number of ether oxygens (including phenoxy) is 1. The SMILES string of the molecule is COc1ccc([C@H]2[C@@H](S(=O)(=O)c3ccc(Cl)cc3)[C@@]2(C#N)CO)cc1. The van der Waals surface area contributed by atoms with Crippen LogP contribution in [0.4, 0.5) is 0 Å². The standard InChI is InChI=1S/C18H16ClNO4S/c1-24-14-6-2-12(3-7-14)16-17(18(16,10-20)11-21)25(22,23)15-8-4-13(19)5-9-15/h2-9,16-17,21H,11H2,1H3/t16-,17+,18-/m0/s1. The van der Waals surface area contributed by atoms with Gasteiger partial charge < -0.3 is 9.84 Å². The van der Waals surface area contributed by atoms with E-state index in [-0.39, 0.29) is 4.90 Å². The van der Waals surface area contributed by atoms with Crippen LogP contribution in [-0.2, 0) is 9.84 Å². The molecule has 7 heteroatoms. The highest BCUT2D eigenvalue weighted by Gasteiger charge is 2.72. The van der Waals surface area contributed by atoms with Gasteiger partial charge >= 0.3 is 0 Å². The Kier molecular flexibility index (Phi) is 4.50. The largest absolute Gasteiger partial charge is 0.497 e. The Morgan fingerprint density at radius 2 is 1.80 bits per heavy atom. The van der Waals surface area contributed by atoms with Crippen LogP contribution in [0.2, 0.25) is 5.02 Å². The first kappa shape index (κ1) is 17.7. The van der Waals surface area contributed by atoms with Gasteiger partial charge in [0.25, 0.3) is 0 Å². The maximum Gasteiger partial charge on any atom is 0.183 e. The van der Waals surface area contributed by atoms with Gasteiger partial charge in [0, 0.05) is 10.9 Å². The number of hydrogen-bond donors (Lipinski definition) is 1. The Labute approximate surface area is 151 Å². The van der Waals surface area contributed by atoms with Crippen LogP contribution in [0, 0.1) is 16.7 Å². The van der Waals surface area contributed by atoms with Crippen molar-refractivity contribution in [3.05, 3.63) is 59.1 Å². The number of aliphatic hydroxyl groups is 1. The molecule has 0 heterocycles. The molecule has 0 aliphatic heterocycles. The first-order chi connectivity index (χ1) is 11.9. The zero-order valence-corrected chi connectivity index (χ0v) is 15.0. The lowest BCUT2D eigenvalue weighted by Gasteiger charge is -2.06. The number of nitrogens with zero attached hydrogens (tertiary/aromatic N) is 1. The van der Waals surface area contributed by atoms with E-state index in [9.17, 15) is 18.8 Å². The molecule has 25 heavy (non-hydrogen) atoms. The zero-order valence-electron chi connectivity index (χ0n) is 13.4. The lowest BCUT2D eigenvalue weighted by Crippen LogP contribution is -2.18. The van der Waals surface area contributed by atoms with Crippen LogP contribution < -0.4 is 4.74 Å². The van der Waals surface area contributed by atoms with E-state index in [1.54, 1.807) is 24.3 Å². The average Bonchev–Trinajstić information content (AvgIpc) is 3.33. The predicted octanol–water partition coefficient (Wildman–Crippen LogP) is 2.79. The summed E-state index contributed by atoms with van der Waals surface area (Å²) in [5.74, 6) is 0.0298. The smallest absolute Gasteiger partial charge is 0.183 e. The number of benzene rings is 2. The van der Waals surface area contributed by atoms with Gasteiger partial charge in [-0.2, -0.15) is 5.26 Å². The number of sulfone groups is 1. The molecular formula is C18H16ClNO4S. The number of hydrogen-bond acceptors (Lipinski definition) is 5. The van der Waals surface area contributed by atoms with Gasteiger partial charge in [0.1, 0.15) is 11.2 Å². The minimum Gasteiger partial charge on any atom is -0.497 e. The molecule has 0 radical (unpaired) electrons. The lowest BCUT2D eigenvalue weighted by molar-refractivity contribution is 0.242. The van der Waals surface area contributed by atoms with E-state index in [1.165, 1.54) is 31.4 Å². The molecule has 2 aromatic rings. The van der Waals surface area contributed by atoms with Gasteiger partial charge in [-0.1, -0.05) is 23.7 Å². The summed E-state index contributed by atoms with van der Waals surface area (Å²) in [5.41, 5.74) is -0.675. The van der Waals surface area contributed by atoms with Gasteiger partial charge in [-0.05, 0) is 42.0 Å². The van der Waals surface area contributed by atoms with Crippen molar-refractivity contribution in [2.24, 2.45) is 5.41 Å². The summed E-state index contributed by atoms with van der Waals surface area (Å²) < 4.78 is 31.1. The fraction of sp³-hybridized carbons (Fsp3) is 0.278. The Balaban J connectivity index is 2.04. The molecule has 1 saturated carbocycles. The molecule has 0 spiro atoms. The van der Waals surface area contributed by atoms with E-state index < -0.39 is 33.0 Å². The minimum atomic E-state index is -3.80. The zero-order chi connectivity index (χ0) is 18.2. The fourth-order valence-corrected chi connectivity index (χ4v) is 5.71. The van der Waals surface area contributed by atoms with Crippen molar-refractivity contribution >= 4 is 21.4 Å². The summed E-state index contributed by atoms with van der Waals surface area (Å²) in [6, 6.07) is 14.7. The van der Waals surface area contributed by atoms with Crippen molar-refractivity contribution in [1.82, 2.24) is 0 Å². The molecule has 0 amide bonds. The molecule has 5 nitrogen and oxygen atoms in total. The summed E-state index contributed by atoms with van der Waals surface area (Å²) in [4.78, 5) is 0.0889. The summed E-state index contributed by atoms with van der Waals surface area (Å²) in [6.07, 6.45) is 0. The second-order valence-corrected chi connectivity index (χ2v) is 8.49. The van der Waals surface area contributed by atoms with Gasteiger partial charge in [0.15, 0.2) is 9.84 Å². The van der Waals surface area contributed by atoms with Crippen LogP contribution in [0.3, 0.4) is 0 Å². The fourth-order valence-electron chi connectivity index (χ4n) is 3.27. The first-order valence-electron chi connectivity index (χ1n) is 7.56. The average molecular weight is 378 g/mol. The Bertz CT molecular complexity index is 919. The molecule has 0 saturated heterocycles. The van der Waals surface area contributed by atoms with Crippen LogP contribution in [0.15, 0.2) is 53.4 Å². The molecule has 0 unspecified atom stereocenters. The molecule has 1 aliphatic carbocycles. The van der Waals surface area contributed by atoms with Gasteiger partial charge in [0.2, 0.25) is 0 Å². The van der Waals surface area contributed by atoms with Crippen molar-refractivity contribution in [2.45, 2.75) is 16.1 Å². The third-order valence-corrected chi connectivity index (χ3v) is 7.22. The predicted molar refractivity (Wildman–Crippen MR) is 93.3 cm³/mol. The first-order valence-corrected chi connectivity index (χ1v) is 9.48. The highest BCUT2D eigenvalue weighted by Crippen LogP contribution is 2.63. The molecule has 1 aliphatic rings. The van der Waals surface area contributed by atoms with E-state index in [0.717, 1.165) is 0 Å². The van der Waals surface area contributed by atoms with Crippen molar-refractivity contribution in [2.75, 3.05) is 13.7 Å². The number of methoxy groups -OCH3 is 1. The highest BCUT2D eigenvalue weighted by atomic mass is 35.5. The van der Waals surface area contributed by atoms with Crippen LogP contribution in [0.5, 0.6) is 5.75 Å². The summed E-state index contributed by atoms with van der Waals surface area (Å²) in [6.45, 7) is -0.530. The summed E-state index contributed by atoms with van der Waals surface area (Å²) in [7, 11) is -2.26. The van der Waals surface area contributed by atoms with Crippen LogP contribution in [0.1, 0.15) is 11.5 Å². The second kappa shape index (κ2) is 6.34. The lowest BCUT2D eigenvalue weighted by atomic mass is 10.0. The molecule has 2 aromatic carbocycles. The number of nitriles is 1. The van der Waals surface area contributed by atoms with E-state index >= 15 is 0 Å². The Morgan fingerprint density at radius 3 is 2.28 bits per heavy atom. The van der Waals surface area contributed by atoms with Crippen molar-refractivity contribution in [3.63, 3.8) is 0 Å². The second-order valence-electron chi connectivity index (χ2n) is 5.98. The minimum absolute atomic E-state index is 0.0889. The van der Waals surface area contributed by atoms with E-state index in [2.05, 4.69) is 0 Å². The summed E-state index contributed by atoms with van der Waals surface area (Å²) >= 11 is 5.82. The monoisotopic (exact) mass is 377 g/mol. The van der Waals surface area contributed by atoms with Gasteiger partial charge in [-0.25, -0.2) is 8.42 Å². The maximum atomic E-state index is 13.0. The van der Waals surface area contributed by atoms with Crippen LogP contribution in [-0.4, -0.2) is 32.5 Å². The van der Waals surface area contributed by atoms with Gasteiger partial charge in [-0.3, -0.25) is 0 Å². The highest BCUT2D eigenvalue weighted by molar-refractivity contribution is 7.92. The number of halogens is 1. The summed E-state index contributed by atoms with van der Waals surface area (Å²) in [5, 5.41) is 18.8. The molecule has 0 bridgehead atoms. The van der Waals surface area contributed by atoms with Gasteiger partial charge in [-0.15, -0.1) is 0 Å². The Hall–Kier alpha value is -2.07. The molecule has 130 valence electrons. The Morgan fingerprint density at radius 1 is 1.20 bits per heavy atom. The number of aliphatic hydroxyl groups excluding tert-OH is 1. The number of rotatable bonds is 5. The van der Waals surface area contributed by atoms with Crippen molar-refractivity contribution in [1.29, 1.82) is 5.26 Å². The third kappa shape index (κ3) is 2.78. The van der Waals surface area contributed by atoms with E-state index in [0.29, 0.717) is 16.3 Å². The quantitative estimate of drug-likeness (QED) is 0.865. The van der Waals surface area contributed by atoms with Crippen LogP contribution >= 0.6 is 11.6 Å². The molecule has 1 fully saturated rings. The van der Waals surface area contributed by atoms with Crippen molar-refractivity contribution in [3.8, 4) is 11.8 Å². The molecule has 3 rings (SSSR count). The maximum absolute atomic E-state index is 13.0. The van der Waals surface area contributed by atoms with E-state index in [4.69, 9.17) is 16.3 Å². The third-order valence-electron chi connectivity index (χ3n) is 4.68. The topological polar surface area (TPSA) is 87.4 Å². The van der Waals surface area contributed by atoms with Crippen LogP contribution in [0.25, 0.3) is 0 Å². The molecule has 3 atom stereocenters.